The van der Waals surface area contributed by atoms with Crippen LogP contribution in [-0.4, -0.2) is 38.0 Å². The molecule has 1 aliphatic heterocycles. The minimum Gasteiger partial charge on any atom is -0.356 e. The molecule has 18 heavy (non-hydrogen) atoms. The highest BCUT2D eigenvalue weighted by molar-refractivity contribution is 6.20. The monoisotopic (exact) mass is 265 g/mol. The standard InChI is InChI=1S/C12H16ClN5/c1-8-6-17(4-3-10(8)13)11-5-9(2)16-12-14-7-15-18(11)12/h5,7-8,10H,3-4,6H2,1-2H3. The Morgan fingerprint density at radius 2 is 2.28 bits per heavy atom. The Kier molecular flexibility index (Phi) is 2.86. The van der Waals surface area contributed by atoms with Crippen molar-refractivity contribution in [3.05, 3.63) is 18.1 Å². The molecule has 1 fully saturated rings. The Hall–Kier alpha value is -1.36. The summed E-state index contributed by atoms with van der Waals surface area (Å²) in [6, 6.07) is 2.06. The molecule has 0 radical (unpaired) electrons. The lowest BCUT2D eigenvalue weighted by Gasteiger charge is -2.35. The number of anilines is 1. The van der Waals surface area contributed by atoms with Crippen molar-refractivity contribution in [3.63, 3.8) is 0 Å². The molecule has 96 valence electrons. The Morgan fingerprint density at radius 1 is 1.44 bits per heavy atom. The average molecular weight is 266 g/mol. The molecule has 0 saturated carbocycles. The van der Waals surface area contributed by atoms with Gasteiger partial charge in [0.25, 0.3) is 5.78 Å². The third-order valence-corrected chi connectivity index (χ3v) is 4.13. The van der Waals surface area contributed by atoms with Crippen molar-refractivity contribution in [1.82, 2.24) is 19.6 Å². The van der Waals surface area contributed by atoms with Crippen molar-refractivity contribution >= 4 is 23.2 Å². The lowest BCUT2D eigenvalue weighted by molar-refractivity contribution is 0.450. The molecule has 1 aliphatic rings. The van der Waals surface area contributed by atoms with Crippen LogP contribution in [-0.2, 0) is 0 Å². The highest BCUT2D eigenvalue weighted by Gasteiger charge is 2.26. The van der Waals surface area contributed by atoms with E-state index in [2.05, 4.69) is 33.0 Å². The van der Waals surface area contributed by atoms with E-state index in [9.17, 15) is 0 Å². The molecule has 0 N–H and O–H groups in total. The van der Waals surface area contributed by atoms with Crippen LogP contribution >= 0.6 is 11.6 Å². The number of aryl methyl sites for hydroxylation is 1. The predicted molar refractivity (Wildman–Crippen MR) is 71.2 cm³/mol. The highest BCUT2D eigenvalue weighted by atomic mass is 35.5. The van der Waals surface area contributed by atoms with Crippen molar-refractivity contribution in [2.75, 3.05) is 18.0 Å². The van der Waals surface area contributed by atoms with Crippen LogP contribution in [0.4, 0.5) is 5.82 Å². The van der Waals surface area contributed by atoms with E-state index in [1.165, 1.54) is 0 Å². The Morgan fingerprint density at radius 3 is 3.06 bits per heavy atom. The van der Waals surface area contributed by atoms with Crippen LogP contribution in [0.2, 0.25) is 0 Å². The Labute approximate surface area is 111 Å². The van der Waals surface area contributed by atoms with Gasteiger partial charge in [-0.05, 0) is 19.3 Å². The molecule has 3 heterocycles. The van der Waals surface area contributed by atoms with E-state index in [1.807, 2.05) is 6.92 Å². The summed E-state index contributed by atoms with van der Waals surface area (Å²) in [7, 11) is 0. The Balaban J connectivity index is 2.01. The quantitative estimate of drug-likeness (QED) is 0.739. The van der Waals surface area contributed by atoms with E-state index in [1.54, 1.807) is 10.8 Å². The summed E-state index contributed by atoms with van der Waals surface area (Å²) in [5.74, 6) is 2.20. The molecule has 5 nitrogen and oxygen atoms in total. The van der Waals surface area contributed by atoms with Gasteiger partial charge in [0.2, 0.25) is 0 Å². The van der Waals surface area contributed by atoms with Crippen LogP contribution < -0.4 is 4.90 Å². The van der Waals surface area contributed by atoms with E-state index in [0.29, 0.717) is 11.7 Å². The van der Waals surface area contributed by atoms with Gasteiger partial charge in [-0.3, -0.25) is 0 Å². The van der Waals surface area contributed by atoms with Crippen molar-refractivity contribution in [3.8, 4) is 0 Å². The largest absolute Gasteiger partial charge is 0.356 e. The number of nitrogens with zero attached hydrogens (tertiary/aromatic N) is 5. The smallest absolute Gasteiger partial charge is 0.254 e. The number of alkyl halides is 1. The third-order valence-electron chi connectivity index (χ3n) is 3.49. The molecule has 0 bridgehead atoms. The normalized spacial score (nSPS) is 24.7. The van der Waals surface area contributed by atoms with E-state index in [-0.39, 0.29) is 5.38 Å². The lowest BCUT2D eigenvalue weighted by Crippen LogP contribution is -2.41. The summed E-state index contributed by atoms with van der Waals surface area (Å²) in [4.78, 5) is 10.8. The number of rotatable bonds is 1. The maximum Gasteiger partial charge on any atom is 0.254 e. The molecule has 0 aliphatic carbocycles. The topological polar surface area (TPSA) is 46.3 Å². The summed E-state index contributed by atoms with van der Waals surface area (Å²) >= 11 is 6.27. The second-order valence-electron chi connectivity index (χ2n) is 4.96. The Bertz CT molecular complexity index is 567. The SMILES string of the molecule is Cc1cc(N2CCC(Cl)C(C)C2)n2ncnc2n1. The second-order valence-corrected chi connectivity index (χ2v) is 5.52. The van der Waals surface area contributed by atoms with E-state index in [0.717, 1.165) is 31.0 Å². The zero-order chi connectivity index (χ0) is 12.7. The first-order valence-electron chi connectivity index (χ1n) is 6.21. The highest BCUT2D eigenvalue weighted by Crippen LogP contribution is 2.26. The van der Waals surface area contributed by atoms with Crippen LogP contribution in [0.5, 0.6) is 0 Å². The molecule has 1 saturated heterocycles. The van der Waals surface area contributed by atoms with Crippen LogP contribution in [0.3, 0.4) is 0 Å². The fourth-order valence-corrected chi connectivity index (χ4v) is 2.64. The fraction of sp³-hybridized carbons (Fsp3) is 0.583. The summed E-state index contributed by atoms with van der Waals surface area (Å²) < 4.78 is 1.80. The molecule has 2 unspecified atom stereocenters. The number of fused-ring (bicyclic) bond motifs is 1. The zero-order valence-electron chi connectivity index (χ0n) is 10.5. The number of aromatic nitrogens is 4. The molecule has 2 aromatic rings. The van der Waals surface area contributed by atoms with Crippen molar-refractivity contribution in [1.29, 1.82) is 0 Å². The van der Waals surface area contributed by atoms with Gasteiger partial charge in [-0.2, -0.15) is 14.6 Å². The van der Waals surface area contributed by atoms with Gasteiger partial charge < -0.3 is 4.90 Å². The second kappa shape index (κ2) is 4.39. The van der Waals surface area contributed by atoms with Gasteiger partial charge in [0, 0.05) is 30.2 Å². The molecular formula is C12H16ClN5. The van der Waals surface area contributed by atoms with Gasteiger partial charge >= 0.3 is 0 Å². The van der Waals surface area contributed by atoms with Gasteiger partial charge in [-0.25, -0.2) is 4.98 Å². The van der Waals surface area contributed by atoms with Gasteiger partial charge in [0.05, 0.1) is 0 Å². The van der Waals surface area contributed by atoms with Crippen molar-refractivity contribution < 1.29 is 0 Å². The first-order chi connectivity index (χ1) is 8.65. The van der Waals surface area contributed by atoms with Gasteiger partial charge in [0.1, 0.15) is 12.1 Å². The molecule has 3 rings (SSSR count). The molecule has 0 amide bonds. The zero-order valence-corrected chi connectivity index (χ0v) is 11.3. The van der Waals surface area contributed by atoms with Crippen molar-refractivity contribution in [2.24, 2.45) is 5.92 Å². The van der Waals surface area contributed by atoms with E-state index in [4.69, 9.17) is 11.6 Å². The average Bonchev–Trinajstić information content (AvgIpc) is 2.79. The summed E-state index contributed by atoms with van der Waals surface area (Å²) in [5, 5.41) is 4.52. The minimum absolute atomic E-state index is 0.274. The number of hydrogen-bond donors (Lipinski definition) is 0. The van der Waals surface area contributed by atoms with E-state index >= 15 is 0 Å². The fourth-order valence-electron chi connectivity index (χ4n) is 2.46. The first-order valence-corrected chi connectivity index (χ1v) is 6.65. The first kappa shape index (κ1) is 11.7. The van der Waals surface area contributed by atoms with Crippen LogP contribution in [0.15, 0.2) is 12.4 Å². The minimum atomic E-state index is 0.274. The maximum absolute atomic E-state index is 6.27. The summed E-state index contributed by atoms with van der Waals surface area (Å²) in [6.07, 6.45) is 2.54. The van der Waals surface area contributed by atoms with Gasteiger partial charge in [-0.15, -0.1) is 11.6 Å². The molecule has 6 heteroatoms. The molecule has 0 aromatic carbocycles. The molecule has 2 atom stereocenters. The lowest BCUT2D eigenvalue weighted by atomic mass is 9.99. The van der Waals surface area contributed by atoms with Crippen LogP contribution in [0.1, 0.15) is 19.0 Å². The number of piperidine rings is 1. The predicted octanol–water partition coefficient (Wildman–Crippen LogP) is 1.89. The maximum atomic E-state index is 6.27. The van der Waals surface area contributed by atoms with Crippen LogP contribution in [0.25, 0.3) is 5.78 Å². The number of halogens is 1. The molecular weight excluding hydrogens is 250 g/mol. The third kappa shape index (κ3) is 1.92. The number of hydrogen-bond acceptors (Lipinski definition) is 4. The summed E-state index contributed by atoms with van der Waals surface area (Å²) in [5.41, 5.74) is 0.964. The molecule has 0 spiro atoms. The molecule has 2 aromatic heterocycles. The van der Waals surface area contributed by atoms with Gasteiger partial charge in [0.15, 0.2) is 0 Å². The van der Waals surface area contributed by atoms with Crippen molar-refractivity contribution in [2.45, 2.75) is 25.6 Å². The van der Waals surface area contributed by atoms with Gasteiger partial charge in [-0.1, -0.05) is 6.92 Å². The van der Waals surface area contributed by atoms with E-state index < -0.39 is 0 Å². The summed E-state index contributed by atoms with van der Waals surface area (Å²) in [6.45, 7) is 6.08. The van der Waals surface area contributed by atoms with Crippen LogP contribution in [0, 0.1) is 12.8 Å².